The fourth-order valence-electron chi connectivity index (χ4n) is 4.22. The molecule has 212 valence electrons. The summed E-state index contributed by atoms with van der Waals surface area (Å²) in [6, 6.07) is 12.6. The highest BCUT2D eigenvalue weighted by atomic mass is 35.5. The van der Waals surface area contributed by atoms with E-state index >= 15 is 0 Å². The molecule has 1 amide bonds. The van der Waals surface area contributed by atoms with Crippen LogP contribution in [0, 0.1) is 0 Å². The van der Waals surface area contributed by atoms with Gasteiger partial charge in [0.25, 0.3) is 0 Å². The molecular formula is C28H35ClN7O3P. The Labute approximate surface area is 240 Å². The zero-order chi connectivity index (χ0) is 28.7. The number of rotatable bonds is 10. The zero-order valence-corrected chi connectivity index (χ0v) is 24.8. The van der Waals surface area contributed by atoms with Crippen LogP contribution >= 0.6 is 18.7 Å². The monoisotopic (exact) mass is 583 g/mol. The van der Waals surface area contributed by atoms with E-state index in [-0.39, 0.29) is 11.9 Å². The molecule has 4 rings (SSSR count). The lowest BCUT2D eigenvalue weighted by Crippen LogP contribution is -2.44. The Morgan fingerprint density at radius 2 is 1.85 bits per heavy atom. The van der Waals surface area contributed by atoms with Crippen molar-refractivity contribution in [3.63, 3.8) is 0 Å². The predicted molar refractivity (Wildman–Crippen MR) is 164 cm³/mol. The van der Waals surface area contributed by atoms with Crippen LogP contribution in [-0.2, 0) is 9.36 Å². The molecule has 1 aliphatic rings. The van der Waals surface area contributed by atoms with Crippen LogP contribution < -0.4 is 26.0 Å². The van der Waals surface area contributed by atoms with Crippen molar-refractivity contribution in [1.29, 1.82) is 0 Å². The van der Waals surface area contributed by atoms with Crippen LogP contribution in [0.1, 0.15) is 0 Å². The maximum absolute atomic E-state index is 12.8. The molecular weight excluding hydrogens is 549 g/mol. The van der Waals surface area contributed by atoms with Gasteiger partial charge in [-0.1, -0.05) is 29.8 Å². The number of methoxy groups -OCH3 is 1. The number of aromatic nitrogens is 2. The standard InChI is InChI=1S/C28H35ClN7O3P/c1-35-14-16-36(17-15-35)13-7-10-26(37)31-20-11-12-24(39-2)23(18-20)33-28-30-19-21(29)27(34-28)32-22-8-5-6-9-25(22)40(3,4)38/h5-12,18-19H,13-17H2,1-4H3,(H,31,37)(H2,30,32,33,34). The predicted octanol–water partition coefficient (Wildman–Crippen LogP) is 4.62. The van der Waals surface area contributed by atoms with Crippen LogP contribution in [-0.4, -0.2) is 85.9 Å². The highest BCUT2D eigenvalue weighted by Crippen LogP contribution is 2.39. The first-order valence-electron chi connectivity index (χ1n) is 12.9. The van der Waals surface area contributed by atoms with Gasteiger partial charge in [0, 0.05) is 49.8 Å². The van der Waals surface area contributed by atoms with Crippen molar-refractivity contribution in [2.75, 3.05) is 76.2 Å². The molecule has 1 fully saturated rings. The van der Waals surface area contributed by atoms with E-state index in [1.165, 1.54) is 6.20 Å². The number of amides is 1. The molecule has 0 unspecified atom stereocenters. The van der Waals surface area contributed by atoms with Gasteiger partial charge < -0.3 is 30.2 Å². The molecule has 10 nitrogen and oxygen atoms in total. The number of hydrogen-bond acceptors (Lipinski definition) is 9. The lowest BCUT2D eigenvalue weighted by atomic mass is 10.2. The Kier molecular flexibility index (Phi) is 9.81. The molecule has 0 aliphatic carbocycles. The van der Waals surface area contributed by atoms with Gasteiger partial charge in [0.15, 0.2) is 5.82 Å². The lowest BCUT2D eigenvalue weighted by molar-refractivity contribution is -0.111. The summed E-state index contributed by atoms with van der Waals surface area (Å²) in [7, 11) is 1.13. The Morgan fingerprint density at radius 3 is 2.58 bits per heavy atom. The van der Waals surface area contributed by atoms with Gasteiger partial charge in [0.2, 0.25) is 11.9 Å². The van der Waals surface area contributed by atoms with E-state index in [4.69, 9.17) is 16.3 Å². The van der Waals surface area contributed by atoms with Crippen LogP contribution in [0.3, 0.4) is 0 Å². The number of anilines is 5. The van der Waals surface area contributed by atoms with Gasteiger partial charge >= 0.3 is 0 Å². The summed E-state index contributed by atoms with van der Waals surface area (Å²) in [6.45, 7) is 8.20. The fourth-order valence-corrected chi connectivity index (χ4v) is 5.51. The Morgan fingerprint density at radius 1 is 1.10 bits per heavy atom. The normalized spacial score (nSPS) is 14.7. The molecule has 0 atom stereocenters. The molecule has 3 N–H and O–H groups in total. The van der Waals surface area contributed by atoms with E-state index in [0.717, 1.165) is 32.7 Å². The highest BCUT2D eigenvalue weighted by Gasteiger charge is 2.18. The molecule has 12 heteroatoms. The number of nitrogens with zero attached hydrogens (tertiary/aromatic N) is 4. The summed E-state index contributed by atoms with van der Waals surface area (Å²) in [4.78, 5) is 26.0. The van der Waals surface area contributed by atoms with Crippen molar-refractivity contribution in [3.05, 3.63) is 65.8 Å². The van der Waals surface area contributed by atoms with Crippen molar-refractivity contribution in [2.24, 2.45) is 0 Å². The number of piperazine rings is 1. The average molecular weight is 584 g/mol. The van der Waals surface area contributed by atoms with Crippen molar-refractivity contribution >= 4 is 58.8 Å². The molecule has 0 bridgehead atoms. The third-order valence-corrected chi connectivity index (χ3v) is 8.25. The maximum Gasteiger partial charge on any atom is 0.248 e. The van der Waals surface area contributed by atoms with Crippen molar-refractivity contribution in [2.45, 2.75) is 0 Å². The second-order valence-corrected chi connectivity index (χ2v) is 13.5. The Hall–Kier alpha value is -3.43. The lowest BCUT2D eigenvalue weighted by Gasteiger charge is -2.31. The van der Waals surface area contributed by atoms with E-state index in [1.54, 1.807) is 44.7 Å². The van der Waals surface area contributed by atoms with Crippen LogP contribution in [0.2, 0.25) is 5.02 Å². The zero-order valence-electron chi connectivity index (χ0n) is 23.1. The summed E-state index contributed by atoms with van der Waals surface area (Å²) in [5.74, 6) is 0.936. The molecule has 40 heavy (non-hydrogen) atoms. The smallest absolute Gasteiger partial charge is 0.248 e. The topological polar surface area (TPSA) is 112 Å². The molecule has 2 heterocycles. The first kappa shape index (κ1) is 29.6. The van der Waals surface area contributed by atoms with E-state index in [9.17, 15) is 9.36 Å². The third-order valence-electron chi connectivity index (χ3n) is 6.42. The van der Waals surface area contributed by atoms with Gasteiger partial charge in [-0.15, -0.1) is 0 Å². The number of benzene rings is 2. The molecule has 0 spiro atoms. The van der Waals surface area contributed by atoms with Crippen LogP contribution in [0.5, 0.6) is 5.75 Å². The minimum atomic E-state index is -2.54. The van der Waals surface area contributed by atoms with Gasteiger partial charge in [0.1, 0.15) is 17.9 Å². The summed E-state index contributed by atoms with van der Waals surface area (Å²) < 4.78 is 18.3. The molecule has 0 radical (unpaired) electrons. The van der Waals surface area contributed by atoms with Gasteiger partial charge in [-0.05, 0) is 50.7 Å². The van der Waals surface area contributed by atoms with E-state index in [2.05, 4.69) is 42.8 Å². The van der Waals surface area contributed by atoms with Gasteiger partial charge in [-0.25, -0.2) is 4.98 Å². The second kappa shape index (κ2) is 13.3. The molecule has 2 aromatic carbocycles. The number of para-hydroxylation sites is 1. The van der Waals surface area contributed by atoms with E-state index < -0.39 is 7.14 Å². The van der Waals surface area contributed by atoms with Crippen LogP contribution in [0.25, 0.3) is 0 Å². The highest BCUT2D eigenvalue weighted by molar-refractivity contribution is 7.70. The Balaban J connectivity index is 1.46. The van der Waals surface area contributed by atoms with Crippen LogP contribution in [0.4, 0.5) is 28.8 Å². The first-order valence-corrected chi connectivity index (χ1v) is 15.9. The SMILES string of the molecule is COc1ccc(NC(=O)C=CCN2CCN(C)CC2)cc1Nc1ncc(Cl)c(Nc2ccccc2P(C)(C)=O)n1. The number of nitrogens with one attached hydrogen (secondary N) is 3. The van der Waals surface area contributed by atoms with Gasteiger partial charge in [-0.2, -0.15) is 4.98 Å². The quantitative estimate of drug-likeness (QED) is 0.233. The van der Waals surface area contributed by atoms with E-state index in [0.29, 0.717) is 39.0 Å². The average Bonchev–Trinajstić information content (AvgIpc) is 2.91. The Bertz CT molecular complexity index is 1420. The minimum Gasteiger partial charge on any atom is -0.495 e. The summed E-state index contributed by atoms with van der Waals surface area (Å²) in [5, 5.41) is 10.2. The van der Waals surface area contributed by atoms with Gasteiger partial charge in [-0.3, -0.25) is 9.69 Å². The molecule has 1 aromatic heterocycles. The molecule has 0 saturated carbocycles. The maximum atomic E-state index is 12.8. The van der Waals surface area contributed by atoms with Crippen molar-refractivity contribution in [1.82, 2.24) is 19.8 Å². The number of halogens is 1. The van der Waals surface area contributed by atoms with E-state index in [1.807, 2.05) is 30.3 Å². The van der Waals surface area contributed by atoms with Crippen molar-refractivity contribution in [3.8, 4) is 5.75 Å². The molecule has 3 aromatic rings. The molecule has 1 aliphatic heterocycles. The van der Waals surface area contributed by atoms with Crippen molar-refractivity contribution < 1.29 is 14.1 Å². The second-order valence-electron chi connectivity index (χ2n) is 9.92. The first-order chi connectivity index (χ1) is 19.1. The summed E-state index contributed by atoms with van der Waals surface area (Å²) in [5.41, 5.74) is 1.80. The number of likely N-dealkylation sites (N-methyl/N-ethyl adjacent to an activating group) is 1. The summed E-state index contributed by atoms with van der Waals surface area (Å²) >= 11 is 6.39. The summed E-state index contributed by atoms with van der Waals surface area (Å²) in [6.07, 6.45) is 4.91. The third kappa shape index (κ3) is 8.05. The minimum absolute atomic E-state index is 0.220. The van der Waals surface area contributed by atoms with Gasteiger partial charge in [0.05, 0.1) is 24.7 Å². The number of hydrogen-bond donors (Lipinski definition) is 3. The fraction of sp³-hybridized carbons (Fsp3) is 0.321. The number of carbonyl (C=O) groups excluding carboxylic acids is 1. The largest absolute Gasteiger partial charge is 0.495 e. The van der Waals surface area contributed by atoms with Crippen LogP contribution in [0.15, 0.2) is 60.8 Å². The number of ether oxygens (including phenoxy) is 1. The number of carbonyl (C=O) groups is 1. The molecule has 1 saturated heterocycles.